The highest BCUT2D eigenvalue weighted by molar-refractivity contribution is 5.82. The molecular formula is C17H14O4. The number of fused-ring (bicyclic) bond motifs is 1. The summed E-state index contributed by atoms with van der Waals surface area (Å²) in [6.07, 6.45) is 1.20. The average Bonchev–Trinajstić information content (AvgIpc) is 2.45. The SMILES string of the molecule is O=c1cc(CCc2cccc(O)c2)oc2cccc(O)c12. The Morgan fingerprint density at radius 1 is 0.952 bits per heavy atom. The minimum Gasteiger partial charge on any atom is -0.508 e. The first kappa shape index (κ1) is 13.2. The van der Waals surface area contributed by atoms with Gasteiger partial charge in [-0.1, -0.05) is 18.2 Å². The van der Waals surface area contributed by atoms with E-state index < -0.39 is 0 Å². The van der Waals surface area contributed by atoms with E-state index in [1.165, 1.54) is 12.1 Å². The van der Waals surface area contributed by atoms with Crippen molar-refractivity contribution in [3.05, 3.63) is 70.1 Å². The summed E-state index contributed by atoms with van der Waals surface area (Å²) < 4.78 is 5.65. The van der Waals surface area contributed by atoms with Gasteiger partial charge in [0, 0.05) is 12.5 Å². The van der Waals surface area contributed by atoms with E-state index in [0.717, 1.165) is 5.56 Å². The molecule has 0 bridgehead atoms. The highest BCUT2D eigenvalue weighted by atomic mass is 16.3. The molecule has 0 radical (unpaired) electrons. The van der Waals surface area contributed by atoms with Crippen LogP contribution in [0.15, 0.2) is 57.7 Å². The third-order valence-electron chi connectivity index (χ3n) is 3.35. The maximum absolute atomic E-state index is 12.0. The van der Waals surface area contributed by atoms with Gasteiger partial charge in [0.15, 0.2) is 5.43 Å². The molecular weight excluding hydrogens is 268 g/mol. The van der Waals surface area contributed by atoms with Gasteiger partial charge in [0.1, 0.15) is 28.2 Å². The fourth-order valence-electron chi connectivity index (χ4n) is 2.34. The Labute approximate surface area is 120 Å². The number of hydrogen-bond acceptors (Lipinski definition) is 4. The number of benzene rings is 2. The summed E-state index contributed by atoms with van der Waals surface area (Å²) in [5.41, 5.74) is 1.10. The summed E-state index contributed by atoms with van der Waals surface area (Å²) in [5.74, 6) is 0.708. The summed E-state index contributed by atoms with van der Waals surface area (Å²) in [6.45, 7) is 0. The Hall–Kier alpha value is -2.75. The molecule has 0 saturated carbocycles. The van der Waals surface area contributed by atoms with Crippen molar-refractivity contribution < 1.29 is 14.6 Å². The zero-order chi connectivity index (χ0) is 14.8. The highest BCUT2D eigenvalue weighted by Gasteiger charge is 2.08. The van der Waals surface area contributed by atoms with Crippen molar-refractivity contribution in [3.63, 3.8) is 0 Å². The lowest BCUT2D eigenvalue weighted by Gasteiger charge is -2.05. The van der Waals surface area contributed by atoms with E-state index in [1.54, 1.807) is 30.3 Å². The Morgan fingerprint density at radius 2 is 1.76 bits per heavy atom. The molecule has 1 aromatic heterocycles. The van der Waals surface area contributed by atoms with Gasteiger partial charge in [0.2, 0.25) is 0 Å². The molecule has 0 spiro atoms. The third kappa shape index (κ3) is 2.74. The minimum absolute atomic E-state index is 0.0687. The number of phenolic OH excluding ortho intramolecular Hbond substituents is 2. The summed E-state index contributed by atoms with van der Waals surface area (Å²) in [6, 6.07) is 13.2. The second-order valence-corrected chi connectivity index (χ2v) is 4.90. The highest BCUT2D eigenvalue weighted by Crippen LogP contribution is 2.22. The lowest BCUT2D eigenvalue weighted by atomic mass is 10.1. The first-order chi connectivity index (χ1) is 10.1. The molecule has 0 aliphatic heterocycles. The van der Waals surface area contributed by atoms with E-state index in [1.807, 2.05) is 6.07 Å². The molecule has 3 aromatic rings. The Bertz CT molecular complexity index is 849. The predicted octanol–water partition coefficient (Wildman–Crippen LogP) is 2.99. The summed E-state index contributed by atoms with van der Waals surface area (Å²) >= 11 is 0. The van der Waals surface area contributed by atoms with Gasteiger partial charge in [-0.2, -0.15) is 0 Å². The monoisotopic (exact) mass is 282 g/mol. The maximum atomic E-state index is 12.0. The molecule has 0 aliphatic rings. The van der Waals surface area contributed by atoms with Gasteiger partial charge in [0.25, 0.3) is 0 Å². The van der Waals surface area contributed by atoms with E-state index in [-0.39, 0.29) is 22.3 Å². The van der Waals surface area contributed by atoms with Crippen LogP contribution in [0.1, 0.15) is 11.3 Å². The molecule has 0 unspecified atom stereocenters. The van der Waals surface area contributed by atoms with E-state index in [2.05, 4.69) is 0 Å². The first-order valence-electron chi connectivity index (χ1n) is 6.66. The molecule has 4 nitrogen and oxygen atoms in total. The largest absolute Gasteiger partial charge is 0.508 e. The van der Waals surface area contributed by atoms with E-state index in [9.17, 15) is 15.0 Å². The smallest absolute Gasteiger partial charge is 0.196 e. The molecule has 0 atom stereocenters. The van der Waals surface area contributed by atoms with Gasteiger partial charge in [-0.3, -0.25) is 4.79 Å². The van der Waals surface area contributed by atoms with Crippen molar-refractivity contribution in [3.8, 4) is 11.5 Å². The van der Waals surface area contributed by atoms with Crippen LogP contribution in [0.25, 0.3) is 11.0 Å². The second-order valence-electron chi connectivity index (χ2n) is 4.90. The third-order valence-corrected chi connectivity index (χ3v) is 3.35. The van der Waals surface area contributed by atoms with Gasteiger partial charge in [-0.05, 0) is 36.2 Å². The second kappa shape index (κ2) is 5.32. The van der Waals surface area contributed by atoms with Crippen LogP contribution in [-0.2, 0) is 12.8 Å². The number of hydrogen-bond donors (Lipinski definition) is 2. The van der Waals surface area contributed by atoms with Crippen LogP contribution in [0.3, 0.4) is 0 Å². The molecule has 21 heavy (non-hydrogen) atoms. The van der Waals surface area contributed by atoms with Crippen molar-refractivity contribution in [1.29, 1.82) is 0 Å². The van der Waals surface area contributed by atoms with Crippen LogP contribution >= 0.6 is 0 Å². The Balaban J connectivity index is 1.90. The number of rotatable bonds is 3. The molecule has 2 N–H and O–H groups in total. The van der Waals surface area contributed by atoms with Gasteiger partial charge >= 0.3 is 0 Å². The number of phenols is 2. The van der Waals surface area contributed by atoms with Crippen LogP contribution in [0, 0.1) is 0 Å². The van der Waals surface area contributed by atoms with Gasteiger partial charge < -0.3 is 14.6 Å². The lowest BCUT2D eigenvalue weighted by molar-refractivity contribution is 0.473. The van der Waals surface area contributed by atoms with Crippen molar-refractivity contribution in [2.45, 2.75) is 12.8 Å². The average molecular weight is 282 g/mol. The van der Waals surface area contributed by atoms with Gasteiger partial charge in [-0.25, -0.2) is 0 Å². The number of aromatic hydroxyl groups is 2. The van der Waals surface area contributed by atoms with Crippen LogP contribution in [0.4, 0.5) is 0 Å². The molecule has 0 fully saturated rings. The standard InChI is InChI=1S/C17H14O4/c18-12-4-1-3-11(9-12)7-8-13-10-15(20)17-14(19)5-2-6-16(17)21-13/h1-6,9-10,18-19H,7-8H2. The van der Waals surface area contributed by atoms with Crippen LogP contribution in [0.5, 0.6) is 11.5 Å². The quantitative estimate of drug-likeness (QED) is 0.774. The topological polar surface area (TPSA) is 70.7 Å². The van der Waals surface area contributed by atoms with Crippen molar-refractivity contribution in [2.75, 3.05) is 0 Å². The predicted molar refractivity (Wildman–Crippen MR) is 79.7 cm³/mol. The van der Waals surface area contributed by atoms with Gasteiger partial charge in [0.05, 0.1) is 0 Å². The molecule has 4 heteroatoms. The maximum Gasteiger partial charge on any atom is 0.196 e. The Kier molecular flexibility index (Phi) is 3.36. The van der Waals surface area contributed by atoms with E-state index >= 15 is 0 Å². The molecule has 0 saturated heterocycles. The molecule has 106 valence electrons. The Morgan fingerprint density at radius 3 is 2.57 bits per heavy atom. The zero-order valence-electron chi connectivity index (χ0n) is 11.2. The van der Waals surface area contributed by atoms with Crippen LogP contribution < -0.4 is 5.43 Å². The molecule has 1 heterocycles. The molecule has 0 aliphatic carbocycles. The summed E-state index contributed by atoms with van der Waals surface area (Å²) in [7, 11) is 0. The zero-order valence-corrected chi connectivity index (χ0v) is 11.2. The number of aryl methyl sites for hydroxylation is 2. The normalized spacial score (nSPS) is 10.9. The first-order valence-corrected chi connectivity index (χ1v) is 6.66. The summed E-state index contributed by atoms with van der Waals surface area (Å²) in [4.78, 5) is 12.0. The van der Waals surface area contributed by atoms with Crippen molar-refractivity contribution in [2.24, 2.45) is 0 Å². The van der Waals surface area contributed by atoms with Gasteiger partial charge in [-0.15, -0.1) is 0 Å². The molecule has 2 aromatic carbocycles. The van der Waals surface area contributed by atoms with Crippen LogP contribution in [-0.4, -0.2) is 10.2 Å². The van der Waals surface area contributed by atoms with Crippen molar-refractivity contribution in [1.82, 2.24) is 0 Å². The lowest BCUT2D eigenvalue weighted by Crippen LogP contribution is -2.03. The molecule has 3 rings (SSSR count). The van der Waals surface area contributed by atoms with E-state index in [0.29, 0.717) is 24.2 Å². The molecule has 0 amide bonds. The summed E-state index contributed by atoms with van der Waals surface area (Å²) in [5, 5.41) is 19.3. The van der Waals surface area contributed by atoms with Crippen LogP contribution in [0.2, 0.25) is 0 Å². The fraction of sp³-hybridized carbons (Fsp3) is 0.118. The minimum atomic E-state index is -0.250. The fourth-order valence-corrected chi connectivity index (χ4v) is 2.34. The van der Waals surface area contributed by atoms with Crippen molar-refractivity contribution >= 4 is 11.0 Å². The van der Waals surface area contributed by atoms with E-state index in [4.69, 9.17) is 4.42 Å².